The molecule has 2 heteroatoms. The van der Waals surface area contributed by atoms with E-state index >= 15 is 0 Å². The van der Waals surface area contributed by atoms with Gasteiger partial charge >= 0.3 is 5.97 Å². The van der Waals surface area contributed by atoms with E-state index in [-0.39, 0.29) is 12.1 Å². The second-order valence-electron chi connectivity index (χ2n) is 10.5. The Morgan fingerprint density at radius 2 is 1.69 bits per heavy atom. The summed E-state index contributed by atoms with van der Waals surface area (Å²) in [6, 6.07) is 9.38. The maximum atomic E-state index is 12.5. The van der Waals surface area contributed by atoms with Crippen molar-refractivity contribution in [2.45, 2.75) is 71.3 Å². The van der Waals surface area contributed by atoms with Crippen molar-refractivity contribution in [3.05, 3.63) is 59.7 Å². The molecule has 0 aliphatic heterocycles. The van der Waals surface area contributed by atoms with E-state index in [2.05, 4.69) is 26.5 Å². The SMILES string of the molecule is C=C1CCC2C3CCC4=C[C@@H](OC(=O)c5ccccc5)CC[C@]4(C)C3CC[C@]12C. The van der Waals surface area contributed by atoms with Crippen molar-refractivity contribution in [1.82, 2.24) is 0 Å². The first-order chi connectivity index (χ1) is 13.9. The van der Waals surface area contributed by atoms with Crippen LogP contribution in [-0.2, 0) is 4.74 Å². The molecule has 5 rings (SSSR count). The average Bonchev–Trinajstić information content (AvgIpc) is 3.03. The molecule has 3 saturated carbocycles. The van der Waals surface area contributed by atoms with Gasteiger partial charge in [0.05, 0.1) is 5.56 Å². The molecule has 0 bridgehead atoms. The molecule has 2 nitrogen and oxygen atoms in total. The first kappa shape index (κ1) is 19.2. The van der Waals surface area contributed by atoms with E-state index in [1.54, 1.807) is 5.57 Å². The third-order valence-corrected chi connectivity index (χ3v) is 9.29. The molecule has 1 aromatic carbocycles. The van der Waals surface area contributed by atoms with Crippen LogP contribution in [-0.4, -0.2) is 12.1 Å². The molecule has 0 spiro atoms. The number of rotatable bonds is 2. The molecule has 4 aliphatic carbocycles. The summed E-state index contributed by atoms with van der Waals surface area (Å²) in [6.45, 7) is 9.46. The third-order valence-electron chi connectivity index (χ3n) is 9.29. The lowest BCUT2D eigenvalue weighted by Gasteiger charge is -2.58. The van der Waals surface area contributed by atoms with Gasteiger partial charge in [-0.3, -0.25) is 0 Å². The normalized spacial score (nSPS) is 41.0. The number of hydrogen-bond acceptors (Lipinski definition) is 2. The van der Waals surface area contributed by atoms with Crippen molar-refractivity contribution in [2.75, 3.05) is 0 Å². The van der Waals surface area contributed by atoms with Gasteiger partial charge in [-0.2, -0.15) is 0 Å². The highest BCUT2D eigenvalue weighted by Crippen LogP contribution is 2.66. The van der Waals surface area contributed by atoms with E-state index in [1.165, 1.54) is 44.1 Å². The molecule has 0 aromatic heterocycles. The average molecular weight is 391 g/mol. The molecule has 3 unspecified atom stereocenters. The Kier molecular flexibility index (Phi) is 4.53. The third kappa shape index (κ3) is 2.94. The minimum atomic E-state index is -0.192. The summed E-state index contributed by atoms with van der Waals surface area (Å²) in [4.78, 5) is 12.5. The van der Waals surface area contributed by atoms with Gasteiger partial charge in [0.1, 0.15) is 6.10 Å². The van der Waals surface area contributed by atoms with Gasteiger partial charge in [-0.25, -0.2) is 4.79 Å². The molecule has 29 heavy (non-hydrogen) atoms. The zero-order chi connectivity index (χ0) is 20.2. The Labute approximate surface area is 175 Å². The first-order valence-electron chi connectivity index (χ1n) is 11.6. The van der Waals surface area contributed by atoms with Crippen LogP contribution in [0.5, 0.6) is 0 Å². The Hall–Kier alpha value is -1.83. The summed E-state index contributed by atoms with van der Waals surface area (Å²) in [5, 5.41) is 0. The van der Waals surface area contributed by atoms with Crippen molar-refractivity contribution in [2.24, 2.45) is 28.6 Å². The molecule has 4 aliphatic rings. The second-order valence-corrected chi connectivity index (χ2v) is 10.5. The smallest absolute Gasteiger partial charge is 0.338 e. The van der Waals surface area contributed by atoms with Crippen LogP contribution in [0.3, 0.4) is 0 Å². The zero-order valence-corrected chi connectivity index (χ0v) is 18.0. The van der Waals surface area contributed by atoms with Crippen molar-refractivity contribution in [3.8, 4) is 0 Å². The van der Waals surface area contributed by atoms with Crippen LogP contribution in [0.25, 0.3) is 0 Å². The Morgan fingerprint density at radius 1 is 0.966 bits per heavy atom. The maximum Gasteiger partial charge on any atom is 0.338 e. The lowest BCUT2D eigenvalue weighted by atomic mass is 9.47. The van der Waals surface area contributed by atoms with Crippen LogP contribution in [0.15, 0.2) is 54.1 Å². The van der Waals surface area contributed by atoms with Gasteiger partial charge in [-0.15, -0.1) is 0 Å². The molecule has 0 heterocycles. The van der Waals surface area contributed by atoms with Gasteiger partial charge in [0, 0.05) is 0 Å². The lowest BCUT2D eigenvalue weighted by Crippen LogP contribution is -2.50. The summed E-state index contributed by atoms with van der Waals surface area (Å²) in [5.74, 6) is 2.28. The molecule has 0 N–H and O–H groups in total. The quantitative estimate of drug-likeness (QED) is 0.413. The van der Waals surface area contributed by atoms with E-state index in [1.807, 2.05) is 30.3 Å². The van der Waals surface area contributed by atoms with E-state index < -0.39 is 0 Å². The highest BCUT2D eigenvalue weighted by atomic mass is 16.5. The predicted octanol–water partition coefficient (Wildman–Crippen LogP) is 6.73. The summed E-state index contributed by atoms with van der Waals surface area (Å²) < 4.78 is 5.88. The van der Waals surface area contributed by atoms with Crippen LogP contribution in [0.2, 0.25) is 0 Å². The van der Waals surface area contributed by atoms with Crippen molar-refractivity contribution in [1.29, 1.82) is 0 Å². The van der Waals surface area contributed by atoms with Crippen LogP contribution in [0, 0.1) is 28.6 Å². The summed E-state index contributed by atoms with van der Waals surface area (Å²) >= 11 is 0. The monoisotopic (exact) mass is 390 g/mol. The molecule has 6 atom stereocenters. The first-order valence-corrected chi connectivity index (χ1v) is 11.6. The largest absolute Gasteiger partial charge is 0.455 e. The van der Waals surface area contributed by atoms with Gasteiger partial charge in [-0.05, 0) is 98.2 Å². The Balaban J connectivity index is 1.35. The number of benzene rings is 1. The standard InChI is InChI=1S/C27H34O2/c1-18-9-12-23-22-11-10-20-17-21(29-25(28)19-7-5-4-6-8-19)13-15-27(20,3)24(22)14-16-26(18,23)2/h4-8,17,21-24H,1,9-16H2,2-3H3/t21-,22?,23?,24?,26+,27-/m0/s1. The fourth-order valence-electron chi connectivity index (χ4n) is 7.48. The minimum absolute atomic E-state index is 0.0672. The highest BCUT2D eigenvalue weighted by molar-refractivity contribution is 5.89. The van der Waals surface area contributed by atoms with Crippen LogP contribution in [0.1, 0.15) is 75.6 Å². The summed E-state index contributed by atoms with van der Waals surface area (Å²) in [5.41, 5.74) is 4.42. The molecule has 0 amide bonds. The Bertz CT molecular complexity index is 853. The van der Waals surface area contributed by atoms with Crippen LogP contribution in [0.4, 0.5) is 0 Å². The highest BCUT2D eigenvalue weighted by Gasteiger charge is 2.57. The van der Waals surface area contributed by atoms with Crippen LogP contribution >= 0.6 is 0 Å². The van der Waals surface area contributed by atoms with Crippen molar-refractivity contribution in [3.63, 3.8) is 0 Å². The molecule has 1 aromatic rings. The summed E-state index contributed by atoms with van der Waals surface area (Å²) in [7, 11) is 0. The number of fused-ring (bicyclic) bond motifs is 5. The lowest BCUT2D eigenvalue weighted by molar-refractivity contribution is -0.0337. The summed E-state index contributed by atoms with van der Waals surface area (Å²) in [6.07, 6.45) is 12.1. The molecule has 3 fully saturated rings. The number of hydrogen-bond donors (Lipinski definition) is 0. The fraction of sp³-hybridized carbons (Fsp3) is 0.593. The molecule has 0 radical (unpaired) electrons. The fourth-order valence-corrected chi connectivity index (χ4v) is 7.48. The van der Waals surface area contributed by atoms with Gasteiger partial charge < -0.3 is 4.74 Å². The van der Waals surface area contributed by atoms with Gasteiger partial charge in [0.15, 0.2) is 0 Å². The van der Waals surface area contributed by atoms with E-state index in [0.29, 0.717) is 16.4 Å². The van der Waals surface area contributed by atoms with Gasteiger partial charge in [0.25, 0.3) is 0 Å². The van der Waals surface area contributed by atoms with Crippen molar-refractivity contribution < 1.29 is 9.53 Å². The molecule has 0 saturated heterocycles. The molecular formula is C27H34O2. The number of ether oxygens (including phenoxy) is 1. The van der Waals surface area contributed by atoms with Crippen LogP contribution < -0.4 is 0 Å². The van der Waals surface area contributed by atoms with E-state index in [0.717, 1.165) is 30.6 Å². The maximum absolute atomic E-state index is 12.5. The number of carbonyl (C=O) groups is 1. The number of allylic oxidation sites excluding steroid dienone is 2. The number of carbonyl (C=O) groups excluding carboxylic acids is 1. The molecular weight excluding hydrogens is 356 g/mol. The molecule has 154 valence electrons. The Morgan fingerprint density at radius 3 is 2.48 bits per heavy atom. The van der Waals surface area contributed by atoms with Gasteiger partial charge in [-0.1, -0.05) is 49.8 Å². The minimum Gasteiger partial charge on any atom is -0.455 e. The van der Waals surface area contributed by atoms with Crippen molar-refractivity contribution >= 4 is 5.97 Å². The second kappa shape index (κ2) is 6.86. The number of esters is 1. The predicted molar refractivity (Wildman–Crippen MR) is 116 cm³/mol. The van der Waals surface area contributed by atoms with Gasteiger partial charge in [0.2, 0.25) is 0 Å². The topological polar surface area (TPSA) is 26.3 Å². The zero-order valence-electron chi connectivity index (χ0n) is 18.0. The van der Waals surface area contributed by atoms with E-state index in [9.17, 15) is 4.79 Å². The van der Waals surface area contributed by atoms with E-state index in [4.69, 9.17) is 4.74 Å².